The van der Waals surface area contributed by atoms with Crippen LogP contribution in [0.2, 0.25) is 0 Å². The van der Waals surface area contributed by atoms with Crippen LogP contribution in [0.25, 0.3) is 0 Å². The zero-order valence-electron chi connectivity index (χ0n) is 9.14. The Labute approximate surface area is 90.4 Å². The quantitative estimate of drug-likeness (QED) is 0.810. The van der Waals surface area contributed by atoms with Gasteiger partial charge in [0.05, 0.1) is 0 Å². The largest absolute Gasteiger partial charge is 0.488 e. The Kier molecular flexibility index (Phi) is 3.23. The lowest BCUT2D eigenvalue weighted by molar-refractivity contribution is -0.0869. The van der Waals surface area contributed by atoms with Gasteiger partial charge in [0.1, 0.15) is 18.0 Å². The highest BCUT2D eigenvalue weighted by molar-refractivity contribution is 5.22. The molecule has 0 amide bonds. The molecule has 0 heterocycles. The maximum atomic E-state index is 5.82. The first-order chi connectivity index (χ1) is 7.35. The first-order valence-electron chi connectivity index (χ1n) is 5.27. The lowest BCUT2D eigenvalue weighted by Crippen LogP contribution is -2.60. The first kappa shape index (κ1) is 10.5. The number of ether oxygens (including phenoxy) is 2. The molecule has 0 saturated heterocycles. The molecule has 1 saturated carbocycles. The van der Waals surface area contributed by atoms with Crippen LogP contribution in [-0.2, 0) is 4.74 Å². The van der Waals surface area contributed by atoms with Gasteiger partial charge in [-0.15, -0.1) is 0 Å². The van der Waals surface area contributed by atoms with Crippen molar-refractivity contribution >= 4 is 0 Å². The molecule has 0 aromatic heterocycles. The minimum Gasteiger partial charge on any atom is -0.488 e. The summed E-state index contributed by atoms with van der Waals surface area (Å²) in [6, 6.07) is 10.3. The maximum Gasteiger partial charge on any atom is 0.128 e. The third-order valence-electron chi connectivity index (χ3n) is 2.92. The number of hydrogen-bond acceptors (Lipinski definition) is 3. The predicted octanol–water partition coefficient (Wildman–Crippen LogP) is 1.44. The number of likely N-dealkylation sites (N-methyl/N-ethyl adjacent to an activating group) is 1. The van der Waals surface area contributed by atoms with Crippen LogP contribution in [0.1, 0.15) is 6.42 Å². The highest BCUT2D eigenvalue weighted by Crippen LogP contribution is 2.28. The molecule has 82 valence electrons. The Morgan fingerprint density at radius 2 is 2.00 bits per heavy atom. The molecule has 0 aliphatic heterocycles. The first-order valence-corrected chi connectivity index (χ1v) is 5.27. The van der Waals surface area contributed by atoms with Crippen LogP contribution in [0.3, 0.4) is 0 Å². The molecule has 0 bridgehead atoms. The Bertz CT molecular complexity index is 302. The van der Waals surface area contributed by atoms with E-state index in [0.29, 0.717) is 6.04 Å². The molecule has 1 aromatic rings. The number of methoxy groups -OCH3 is 1. The Morgan fingerprint density at radius 3 is 2.60 bits per heavy atom. The van der Waals surface area contributed by atoms with Crippen molar-refractivity contribution in [2.24, 2.45) is 0 Å². The van der Waals surface area contributed by atoms with Crippen molar-refractivity contribution in [2.45, 2.75) is 24.7 Å². The Hall–Kier alpha value is -1.06. The fourth-order valence-corrected chi connectivity index (χ4v) is 1.97. The van der Waals surface area contributed by atoms with E-state index in [-0.39, 0.29) is 12.2 Å². The van der Waals surface area contributed by atoms with Crippen molar-refractivity contribution in [2.75, 3.05) is 14.2 Å². The fourth-order valence-electron chi connectivity index (χ4n) is 1.97. The molecule has 3 unspecified atom stereocenters. The summed E-state index contributed by atoms with van der Waals surface area (Å²) in [5.41, 5.74) is 0. The average molecular weight is 207 g/mol. The number of hydrogen-bond donors (Lipinski definition) is 1. The van der Waals surface area contributed by atoms with Crippen molar-refractivity contribution in [3.05, 3.63) is 30.3 Å². The van der Waals surface area contributed by atoms with Crippen LogP contribution in [0.5, 0.6) is 5.75 Å². The zero-order valence-corrected chi connectivity index (χ0v) is 9.14. The second-order valence-electron chi connectivity index (χ2n) is 3.80. The molecular formula is C12H17NO2. The summed E-state index contributed by atoms with van der Waals surface area (Å²) in [4.78, 5) is 0. The van der Waals surface area contributed by atoms with E-state index in [1.54, 1.807) is 7.11 Å². The van der Waals surface area contributed by atoms with Crippen molar-refractivity contribution in [1.82, 2.24) is 5.32 Å². The molecule has 3 atom stereocenters. The second-order valence-corrected chi connectivity index (χ2v) is 3.80. The summed E-state index contributed by atoms with van der Waals surface area (Å²) < 4.78 is 11.2. The molecule has 1 N–H and O–H groups in total. The average Bonchev–Trinajstić information content (AvgIpc) is 2.25. The van der Waals surface area contributed by atoms with Gasteiger partial charge in [-0.1, -0.05) is 18.2 Å². The van der Waals surface area contributed by atoms with Gasteiger partial charge in [0, 0.05) is 19.6 Å². The van der Waals surface area contributed by atoms with E-state index in [0.717, 1.165) is 12.2 Å². The molecule has 2 rings (SSSR count). The summed E-state index contributed by atoms with van der Waals surface area (Å²) in [5.74, 6) is 0.916. The molecule has 3 nitrogen and oxygen atoms in total. The van der Waals surface area contributed by atoms with Gasteiger partial charge in [-0.25, -0.2) is 0 Å². The van der Waals surface area contributed by atoms with Crippen molar-refractivity contribution < 1.29 is 9.47 Å². The van der Waals surface area contributed by atoms with Crippen LogP contribution >= 0.6 is 0 Å². The number of rotatable bonds is 4. The zero-order chi connectivity index (χ0) is 10.7. The van der Waals surface area contributed by atoms with Gasteiger partial charge in [0.15, 0.2) is 0 Å². The van der Waals surface area contributed by atoms with E-state index in [1.165, 1.54) is 0 Å². The highest BCUT2D eigenvalue weighted by atomic mass is 16.5. The van der Waals surface area contributed by atoms with Gasteiger partial charge < -0.3 is 14.8 Å². The third kappa shape index (κ3) is 2.13. The van der Waals surface area contributed by atoms with Crippen molar-refractivity contribution in [1.29, 1.82) is 0 Å². The maximum absolute atomic E-state index is 5.82. The van der Waals surface area contributed by atoms with Crippen LogP contribution in [0.4, 0.5) is 0 Å². The van der Waals surface area contributed by atoms with Crippen LogP contribution in [-0.4, -0.2) is 32.4 Å². The minimum atomic E-state index is 0.162. The third-order valence-corrected chi connectivity index (χ3v) is 2.92. The molecule has 3 heteroatoms. The van der Waals surface area contributed by atoms with Crippen LogP contribution < -0.4 is 10.1 Å². The summed E-state index contributed by atoms with van der Waals surface area (Å²) in [7, 11) is 3.69. The summed E-state index contributed by atoms with van der Waals surface area (Å²) >= 11 is 0. The molecule has 1 aliphatic rings. The standard InChI is InChI=1S/C12H17NO2/c1-13-10-8-11(12(10)14-2)15-9-6-4-3-5-7-9/h3-7,10-13H,8H2,1-2H3. The van der Waals surface area contributed by atoms with E-state index in [1.807, 2.05) is 37.4 Å². The Morgan fingerprint density at radius 1 is 1.27 bits per heavy atom. The monoisotopic (exact) mass is 207 g/mol. The lowest BCUT2D eigenvalue weighted by Gasteiger charge is -2.42. The van der Waals surface area contributed by atoms with Crippen molar-refractivity contribution in [3.63, 3.8) is 0 Å². The SMILES string of the molecule is CNC1CC(Oc2ccccc2)C1OC. The molecule has 0 spiro atoms. The predicted molar refractivity (Wildman–Crippen MR) is 59.1 cm³/mol. The molecule has 15 heavy (non-hydrogen) atoms. The van der Waals surface area contributed by atoms with E-state index < -0.39 is 0 Å². The van der Waals surface area contributed by atoms with E-state index in [4.69, 9.17) is 9.47 Å². The van der Waals surface area contributed by atoms with Crippen LogP contribution in [0.15, 0.2) is 30.3 Å². The van der Waals surface area contributed by atoms with E-state index in [9.17, 15) is 0 Å². The number of para-hydroxylation sites is 1. The summed E-state index contributed by atoms with van der Waals surface area (Å²) in [6.07, 6.45) is 1.34. The van der Waals surface area contributed by atoms with Gasteiger partial charge in [-0.05, 0) is 19.2 Å². The number of nitrogens with one attached hydrogen (secondary N) is 1. The van der Waals surface area contributed by atoms with E-state index >= 15 is 0 Å². The topological polar surface area (TPSA) is 30.5 Å². The normalized spacial score (nSPS) is 29.6. The molecule has 1 aromatic carbocycles. The minimum absolute atomic E-state index is 0.162. The lowest BCUT2D eigenvalue weighted by atomic mass is 9.85. The molecule has 0 radical (unpaired) electrons. The molecular weight excluding hydrogens is 190 g/mol. The molecule has 1 aliphatic carbocycles. The second kappa shape index (κ2) is 4.64. The summed E-state index contributed by atoms with van der Waals surface area (Å²) in [5, 5.41) is 3.21. The van der Waals surface area contributed by atoms with Crippen LogP contribution in [0, 0.1) is 0 Å². The Balaban J connectivity index is 1.92. The van der Waals surface area contributed by atoms with Gasteiger partial charge >= 0.3 is 0 Å². The van der Waals surface area contributed by atoms with Gasteiger partial charge in [0.25, 0.3) is 0 Å². The molecule has 1 fully saturated rings. The van der Waals surface area contributed by atoms with Gasteiger partial charge in [-0.2, -0.15) is 0 Å². The summed E-state index contributed by atoms with van der Waals surface area (Å²) in [6.45, 7) is 0. The number of benzene rings is 1. The van der Waals surface area contributed by atoms with Crippen molar-refractivity contribution in [3.8, 4) is 5.75 Å². The van der Waals surface area contributed by atoms with E-state index in [2.05, 4.69) is 5.32 Å². The highest BCUT2D eigenvalue weighted by Gasteiger charge is 2.42. The van der Waals surface area contributed by atoms with Gasteiger partial charge in [-0.3, -0.25) is 0 Å². The smallest absolute Gasteiger partial charge is 0.128 e. The fraction of sp³-hybridized carbons (Fsp3) is 0.500. The van der Waals surface area contributed by atoms with Gasteiger partial charge in [0.2, 0.25) is 0 Å².